The molecule has 2 rings (SSSR count). The highest BCUT2D eigenvalue weighted by atomic mass is 16.3. The van der Waals surface area contributed by atoms with E-state index in [1.165, 1.54) is 0 Å². The van der Waals surface area contributed by atoms with Crippen molar-refractivity contribution in [2.24, 2.45) is 5.73 Å². The maximum absolute atomic E-state index is 11.2. The van der Waals surface area contributed by atoms with Gasteiger partial charge in [-0.1, -0.05) is 0 Å². The molecule has 0 saturated carbocycles. The van der Waals surface area contributed by atoms with Crippen LogP contribution in [0.25, 0.3) is 0 Å². The normalized spacial score (nSPS) is 18.3. The van der Waals surface area contributed by atoms with E-state index in [4.69, 9.17) is 20.7 Å². The molecule has 1 aliphatic heterocycles. The SMILES string of the molecule is CN1CCN(c2cc(C(N)=O)ccn2)CC1CCO.O=CO. The van der Waals surface area contributed by atoms with Gasteiger partial charge in [-0.05, 0) is 25.6 Å². The third-order valence-corrected chi connectivity index (χ3v) is 3.59. The summed E-state index contributed by atoms with van der Waals surface area (Å²) in [5.41, 5.74) is 5.76. The fraction of sp³-hybridized carbons (Fsp3) is 0.500. The van der Waals surface area contributed by atoms with Crippen LogP contribution in [0.2, 0.25) is 0 Å². The second-order valence-corrected chi connectivity index (χ2v) is 4.97. The monoisotopic (exact) mass is 310 g/mol. The van der Waals surface area contributed by atoms with E-state index in [0.717, 1.165) is 31.9 Å². The fourth-order valence-electron chi connectivity index (χ4n) is 2.36. The van der Waals surface area contributed by atoms with Crippen LogP contribution in [0.1, 0.15) is 16.8 Å². The van der Waals surface area contributed by atoms with Gasteiger partial charge in [-0.15, -0.1) is 0 Å². The van der Waals surface area contributed by atoms with Gasteiger partial charge in [0, 0.05) is 44.0 Å². The number of carbonyl (C=O) groups is 2. The minimum Gasteiger partial charge on any atom is -0.483 e. The third kappa shape index (κ3) is 4.97. The molecule has 1 fully saturated rings. The molecule has 1 aromatic heterocycles. The number of pyridine rings is 1. The molecule has 0 aromatic carbocycles. The molecule has 1 aromatic rings. The first-order chi connectivity index (χ1) is 10.5. The van der Waals surface area contributed by atoms with Gasteiger partial charge in [0.2, 0.25) is 5.91 Å². The summed E-state index contributed by atoms with van der Waals surface area (Å²) < 4.78 is 0. The molecular weight excluding hydrogens is 288 g/mol. The number of aliphatic hydroxyl groups excluding tert-OH is 1. The quantitative estimate of drug-likeness (QED) is 0.634. The van der Waals surface area contributed by atoms with Gasteiger partial charge in [0.05, 0.1) is 0 Å². The Labute approximate surface area is 129 Å². The molecule has 0 spiro atoms. The zero-order chi connectivity index (χ0) is 16.5. The van der Waals surface area contributed by atoms with Crippen LogP contribution in [0.4, 0.5) is 5.82 Å². The molecule has 0 bridgehead atoms. The molecule has 0 radical (unpaired) electrons. The van der Waals surface area contributed by atoms with Crippen molar-refractivity contribution in [1.29, 1.82) is 0 Å². The molecule has 22 heavy (non-hydrogen) atoms. The number of nitrogens with two attached hydrogens (primary N) is 1. The van der Waals surface area contributed by atoms with Crippen LogP contribution in [-0.2, 0) is 4.79 Å². The molecule has 1 atom stereocenters. The second kappa shape index (κ2) is 8.96. The molecule has 4 N–H and O–H groups in total. The van der Waals surface area contributed by atoms with Crippen molar-refractivity contribution in [3.8, 4) is 0 Å². The molecule has 8 heteroatoms. The van der Waals surface area contributed by atoms with Gasteiger partial charge >= 0.3 is 0 Å². The van der Waals surface area contributed by atoms with Gasteiger partial charge in [0.1, 0.15) is 5.82 Å². The van der Waals surface area contributed by atoms with Crippen LogP contribution in [0, 0.1) is 0 Å². The zero-order valence-corrected chi connectivity index (χ0v) is 12.6. The number of rotatable bonds is 4. The molecule has 1 aliphatic rings. The minimum atomic E-state index is -0.440. The highest BCUT2D eigenvalue weighted by Gasteiger charge is 2.24. The summed E-state index contributed by atoms with van der Waals surface area (Å²) in [5, 5.41) is 16.0. The Bertz CT molecular complexity index is 497. The van der Waals surface area contributed by atoms with Crippen LogP contribution in [0.15, 0.2) is 18.3 Å². The van der Waals surface area contributed by atoms with E-state index < -0.39 is 5.91 Å². The Kier molecular flexibility index (Phi) is 7.27. The molecule has 1 saturated heterocycles. The molecule has 1 amide bonds. The minimum absolute atomic E-state index is 0.178. The summed E-state index contributed by atoms with van der Waals surface area (Å²) in [6.07, 6.45) is 2.34. The highest BCUT2D eigenvalue weighted by Crippen LogP contribution is 2.18. The summed E-state index contributed by atoms with van der Waals surface area (Å²) in [6, 6.07) is 3.65. The van der Waals surface area contributed by atoms with Crippen LogP contribution >= 0.6 is 0 Å². The van der Waals surface area contributed by atoms with Gasteiger partial charge in [-0.25, -0.2) is 4.98 Å². The first kappa shape index (κ1) is 17.9. The van der Waals surface area contributed by atoms with E-state index in [2.05, 4.69) is 21.8 Å². The van der Waals surface area contributed by atoms with Crippen molar-refractivity contribution in [2.75, 3.05) is 38.2 Å². The second-order valence-electron chi connectivity index (χ2n) is 4.97. The number of nitrogens with zero attached hydrogens (tertiary/aromatic N) is 3. The summed E-state index contributed by atoms with van der Waals surface area (Å²) in [6.45, 7) is 2.49. The molecule has 0 aliphatic carbocycles. The Balaban J connectivity index is 0.000000745. The lowest BCUT2D eigenvalue weighted by Crippen LogP contribution is -2.52. The van der Waals surface area contributed by atoms with E-state index >= 15 is 0 Å². The Morgan fingerprint density at radius 2 is 2.23 bits per heavy atom. The molecule has 122 valence electrons. The molecular formula is C14H22N4O4. The van der Waals surface area contributed by atoms with Crippen LogP contribution in [0.5, 0.6) is 0 Å². The number of piperazine rings is 1. The number of amides is 1. The number of aliphatic hydroxyl groups is 1. The molecule has 2 heterocycles. The van der Waals surface area contributed by atoms with Crippen molar-refractivity contribution < 1.29 is 19.8 Å². The standard InChI is InChI=1S/C13H20N4O2.CH2O2/c1-16-5-6-17(9-11(16)3-7-18)12-8-10(13(14)19)2-4-15-12;2-1-3/h2,4,8,11,18H,3,5-7,9H2,1H3,(H2,14,19);1H,(H,2,3). The maximum Gasteiger partial charge on any atom is 0.290 e. The zero-order valence-electron chi connectivity index (χ0n) is 12.6. The van der Waals surface area contributed by atoms with Gasteiger partial charge in [-0.3, -0.25) is 14.5 Å². The summed E-state index contributed by atoms with van der Waals surface area (Å²) in [7, 11) is 2.06. The van der Waals surface area contributed by atoms with E-state index in [1.54, 1.807) is 18.3 Å². The number of likely N-dealkylation sites (N-methyl/N-ethyl adjacent to an activating group) is 1. The Morgan fingerprint density at radius 3 is 2.82 bits per heavy atom. The largest absolute Gasteiger partial charge is 0.483 e. The van der Waals surface area contributed by atoms with Crippen LogP contribution in [0.3, 0.4) is 0 Å². The Morgan fingerprint density at radius 1 is 1.55 bits per heavy atom. The first-order valence-corrected chi connectivity index (χ1v) is 6.93. The average molecular weight is 310 g/mol. The number of aromatic nitrogens is 1. The first-order valence-electron chi connectivity index (χ1n) is 6.93. The lowest BCUT2D eigenvalue weighted by molar-refractivity contribution is -0.122. The number of hydrogen-bond acceptors (Lipinski definition) is 6. The van der Waals surface area contributed by atoms with E-state index in [1.807, 2.05) is 0 Å². The number of anilines is 1. The number of hydrogen-bond donors (Lipinski definition) is 3. The lowest BCUT2D eigenvalue weighted by atomic mass is 10.1. The van der Waals surface area contributed by atoms with Crippen molar-refractivity contribution in [3.05, 3.63) is 23.9 Å². The smallest absolute Gasteiger partial charge is 0.290 e. The Hall–Kier alpha value is -2.19. The van der Waals surface area contributed by atoms with E-state index in [0.29, 0.717) is 11.6 Å². The topological polar surface area (TPSA) is 120 Å². The number of primary amides is 1. The van der Waals surface area contributed by atoms with Gasteiger partial charge in [-0.2, -0.15) is 0 Å². The predicted octanol–water partition coefficient (Wildman–Crippen LogP) is -0.616. The molecule has 8 nitrogen and oxygen atoms in total. The van der Waals surface area contributed by atoms with E-state index in [-0.39, 0.29) is 13.1 Å². The average Bonchev–Trinajstić information content (AvgIpc) is 2.50. The number of carboxylic acid groups (broad SMARTS) is 1. The van der Waals surface area contributed by atoms with Gasteiger partial charge in [0.15, 0.2) is 0 Å². The highest BCUT2D eigenvalue weighted by molar-refractivity contribution is 5.93. The lowest BCUT2D eigenvalue weighted by Gasteiger charge is -2.40. The summed E-state index contributed by atoms with van der Waals surface area (Å²) in [5.74, 6) is 0.331. The maximum atomic E-state index is 11.2. The van der Waals surface area contributed by atoms with E-state index in [9.17, 15) is 4.79 Å². The van der Waals surface area contributed by atoms with Crippen molar-refractivity contribution in [1.82, 2.24) is 9.88 Å². The fourth-order valence-corrected chi connectivity index (χ4v) is 2.36. The van der Waals surface area contributed by atoms with Crippen LogP contribution < -0.4 is 10.6 Å². The number of carbonyl (C=O) groups excluding carboxylic acids is 1. The van der Waals surface area contributed by atoms with Crippen LogP contribution in [-0.4, -0.2) is 71.8 Å². The summed E-state index contributed by atoms with van der Waals surface area (Å²) in [4.78, 5) is 28.2. The van der Waals surface area contributed by atoms with Crippen molar-refractivity contribution in [2.45, 2.75) is 12.5 Å². The van der Waals surface area contributed by atoms with Gasteiger partial charge < -0.3 is 20.8 Å². The van der Waals surface area contributed by atoms with Crippen molar-refractivity contribution in [3.63, 3.8) is 0 Å². The van der Waals surface area contributed by atoms with Gasteiger partial charge in [0.25, 0.3) is 6.47 Å². The third-order valence-electron chi connectivity index (χ3n) is 3.59. The summed E-state index contributed by atoms with van der Waals surface area (Å²) >= 11 is 0. The van der Waals surface area contributed by atoms with Crippen molar-refractivity contribution >= 4 is 18.2 Å². The molecule has 1 unspecified atom stereocenters. The predicted molar refractivity (Wildman–Crippen MR) is 81.8 cm³/mol.